The lowest BCUT2D eigenvalue weighted by Crippen LogP contribution is -2.48. The van der Waals surface area contributed by atoms with E-state index in [4.69, 9.17) is 0 Å². The first kappa shape index (κ1) is 21.9. The quantitative estimate of drug-likeness (QED) is 0.217. The summed E-state index contributed by atoms with van der Waals surface area (Å²) in [4.78, 5) is 11.6. The van der Waals surface area contributed by atoms with E-state index in [9.17, 15) is 0 Å². The van der Waals surface area contributed by atoms with Gasteiger partial charge in [-0.3, -0.25) is 14.9 Å². The van der Waals surface area contributed by atoms with E-state index in [-0.39, 0.29) is 24.0 Å². The standard InChI is InChI=1S/C19H31N5.HI/c1-3-5-7-13-22-19(20-4-2)23-17-10-14-24(15-11-17)16-18-9-6-8-12-21-18;/h3,5-6,8-9,12,17H,4,7,10-11,13-16H2,1-2H3,(H2,20,22,23);1H/b5-3+;. The maximum Gasteiger partial charge on any atom is 0.191 e. The van der Waals surface area contributed by atoms with Gasteiger partial charge in [0.25, 0.3) is 0 Å². The first-order valence-corrected chi connectivity index (χ1v) is 9.10. The SMILES string of the molecule is C/C=C/CCN=C(NCC)NC1CCN(Cc2ccccn2)CC1.I. The van der Waals surface area contributed by atoms with Crippen LogP contribution in [0, 0.1) is 0 Å². The van der Waals surface area contributed by atoms with Crippen molar-refractivity contribution in [3.05, 3.63) is 42.2 Å². The topological polar surface area (TPSA) is 52.6 Å². The summed E-state index contributed by atoms with van der Waals surface area (Å²) in [5, 5.41) is 6.94. The number of halogens is 1. The molecule has 5 nitrogen and oxygen atoms in total. The first-order chi connectivity index (χ1) is 11.8. The van der Waals surface area contributed by atoms with Crippen molar-refractivity contribution >= 4 is 29.9 Å². The Bertz CT molecular complexity index is 510. The summed E-state index contributed by atoms with van der Waals surface area (Å²) in [5.41, 5.74) is 1.16. The molecule has 140 valence electrons. The molecule has 0 saturated carbocycles. The second-order valence-corrected chi connectivity index (χ2v) is 6.13. The predicted molar refractivity (Wildman–Crippen MR) is 116 cm³/mol. The molecule has 0 unspecified atom stereocenters. The fourth-order valence-electron chi connectivity index (χ4n) is 2.89. The van der Waals surface area contributed by atoms with Gasteiger partial charge in [0.2, 0.25) is 0 Å². The second kappa shape index (κ2) is 13.1. The molecule has 1 saturated heterocycles. The smallest absolute Gasteiger partial charge is 0.191 e. The van der Waals surface area contributed by atoms with Gasteiger partial charge in [-0.1, -0.05) is 18.2 Å². The zero-order valence-electron chi connectivity index (χ0n) is 15.4. The fraction of sp³-hybridized carbons (Fsp3) is 0.579. The van der Waals surface area contributed by atoms with Crippen molar-refractivity contribution < 1.29 is 0 Å². The highest BCUT2D eigenvalue weighted by Gasteiger charge is 2.20. The summed E-state index contributed by atoms with van der Waals surface area (Å²) in [5.74, 6) is 0.949. The van der Waals surface area contributed by atoms with Crippen LogP contribution in [-0.2, 0) is 6.54 Å². The minimum Gasteiger partial charge on any atom is -0.357 e. The van der Waals surface area contributed by atoms with Gasteiger partial charge >= 0.3 is 0 Å². The number of likely N-dealkylation sites (tertiary alicyclic amines) is 1. The molecule has 1 aromatic heterocycles. The van der Waals surface area contributed by atoms with E-state index in [0.717, 1.165) is 63.6 Å². The van der Waals surface area contributed by atoms with E-state index in [1.165, 1.54) is 0 Å². The molecule has 1 fully saturated rings. The van der Waals surface area contributed by atoms with Crippen LogP contribution in [0.5, 0.6) is 0 Å². The number of hydrogen-bond acceptors (Lipinski definition) is 3. The van der Waals surface area contributed by atoms with Crippen LogP contribution in [0.3, 0.4) is 0 Å². The van der Waals surface area contributed by atoms with Gasteiger partial charge in [0.05, 0.1) is 5.69 Å². The van der Waals surface area contributed by atoms with Crippen LogP contribution in [0.2, 0.25) is 0 Å². The average Bonchev–Trinajstić information content (AvgIpc) is 2.61. The lowest BCUT2D eigenvalue weighted by Gasteiger charge is -2.32. The summed E-state index contributed by atoms with van der Waals surface area (Å²) in [6.45, 7) is 9.04. The van der Waals surface area contributed by atoms with Crippen LogP contribution in [0.25, 0.3) is 0 Å². The number of aliphatic imine (C=N–C) groups is 1. The normalized spacial score (nSPS) is 16.6. The molecule has 2 N–H and O–H groups in total. The molecule has 25 heavy (non-hydrogen) atoms. The van der Waals surface area contributed by atoms with Crippen molar-refractivity contribution in [1.29, 1.82) is 0 Å². The largest absolute Gasteiger partial charge is 0.357 e. The first-order valence-electron chi connectivity index (χ1n) is 9.10. The molecular weight excluding hydrogens is 425 g/mol. The molecule has 1 aromatic rings. The minimum atomic E-state index is 0. The Morgan fingerprint density at radius 1 is 1.36 bits per heavy atom. The molecule has 0 atom stereocenters. The van der Waals surface area contributed by atoms with Crippen LogP contribution in [0.4, 0.5) is 0 Å². The Balaban J connectivity index is 0.00000312. The van der Waals surface area contributed by atoms with Crippen LogP contribution in [0.15, 0.2) is 41.5 Å². The van der Waals surface area contributed by atoms with Crippen molar-refractivity contribution in [2.24, 2.45) is 4.99 Å². The van der Waals surface area contributed by atoms with Crippen molar-refractivity contribution in [3.63, 3.8) is 0 Å². The Labute approximate surface area is 169 Å². The number of piperidine rings is 1. The van der Waals surface area contributed by atoms with Gasteiger partial charge in [0.15, 0.2) is 5.96 Å². The van der Waals surface area contributed by atoms with Gasteiger partial charge in [0.1, 0.15) is 0 Å². The van der Waals surface area contributed by atoms with Gasteiger partial charge in [-0.25, -0.2) is 0 Å². The van der Waals surface area contributed by atoms with Crippen molar-refractivity contribution in [1.82, 2.24) is 20.5 Å². The zero-order chi connectivity index (χ0) is 17.0. The highest BCUT2D eigenvalue weighted by Crippen LogP contribution is 2.12. The third-order valence-electron chi connectivity index (χ3n) is 4.19. The maximum absolute atomic E-state index is 4.65. The molecule has 0 bridgehead atoms. The number of guanidine groups is 1. The van der Waals surface area contributed by atoms with Gasteiger partial charge < -0.3 is 10.6 Å². The van der Waals surface area contributed by atoms with E-state index >= 15 is 0 Å². The van der Waals surface area contributed by atoms with E-state index < -0.39 is 0 Å². The number of rotatable bonds is 7. The molecule has 2 rings (SSSR count). The molecule has 0 amide bonds. The zero-order valence-corrected chi connectivity index (χ0v) is 17.8. The minimum absolute atomic E-state index is 0. The van der Waals surface area contributed by atoms with Crippen LogP contribution in [0.1, 0.15) is 38.8 Å². The third kappa shape index (κ3) is 8.67. The fourth-order valence-corrected chi connectivity index (χ4v) is 2.89. The number of pyridine rings is 1. The van der Waals surface area contributed by atoms with Gasteiger partial charge in [0, 0.05) is 45.0 Å². The molecule has 0 spiro atoms. The molecule has 2 heterocycles. The molecule has 6 heteroatoms. The maximum atomic E-state index is 4.65. The number of aromatic nitrogens is 1. The van der Waals surface area contributed by atoms with Gasteiger partial charge in [-0.15, -0.1) is 24.0 Å². The lowest BCUT2D eigenvalue weighted by atomic mass is 10.0. The molecular formula is C19H32IN5. The van der Waals surface area contributed by atoms with E-state index in [1.807, 2.05) is 19.2 Å². The number of hydrogen-bond donors (Lipinski definition) is 2. The van der Waals surface area contributed by atoms with E-state index in [2.05, 4.69) is 56.7 Å². The van der Waals surface area contributed by atoms with Crippen molar-refractivity contribution in [2.45, 2.75) is 45.7 Å². The van der Waals surface area contributed by atoms with Crippen LogP contribution in [-0.4, -0.2) is 48.1 Å². The van der Waals surface area contributed by atoms with Crippen molar-refractivity contribution in [2.75, 3.05) is 26.2 Å². The molecule has 0 aliphatic carbocycles. The Morgan fingerprint density at radius 2 is 2.16 bits per heavy atom. The summed E-state index contributed by atoms with van der Waals surface area (Å²) in [7, 11) is 0. The van der Waals surface area contributed by atoms with Gasteiger partial charge in [-0.2, -0.15) is 0 Å². The highest BCUT2D eigenvalue weighted by atomic mass is 127. The van der Waals surface area contributed by atoms with Gasteiger partial charge in [-0.05, 0) is 45.2 Å². The Morgan fingerprint density at radius 3 is 2.80 bits per heavy atom. The second-order valence-electron chi connectivity index (χ2n) is 6.13. The monoisotopic (exact) mass is 457 g/mol. The Kier molecular flexibility index (Phi) is 11.5. The van der Waals surface area contributed by atoms with Crippen LogP contribution < -0.4 is 10.6 Å². The number of nitrogens with one attached hydrogen (secondary N) is 2. The Hall–Kier alpha value is -1.15. The molecule has 1 aliphatic rings. The van der Waals surface area contributed by atoms with E-state index in [0.29, 0.717) is 6.04 Å². The lowest BCUT2D eigenvalue weighted by molar-refractivity contribution is 0.196. The third-order valence-corrected chi connectivity index (χ3v) is 4.19. The average molecular weight is 457 g/mol. The molecule has 0 aromatic carbocycles. The van der Waals surface area contributed by atoms with Crippen LogP contribution >= 0.6 is 24.0 Å². The summed E-state index contributed by atoms with van der Waals surface area (Å²) in [6, 6.07) is 6.64. The predicted octanol–water partition coefficient (Wildman–Crippen LogP) is 3.19. The summed E-state index contributed by atoms with van der Waals surface area (Å²) >= 11 is 0. The van der Waals surface area contributed by atoms with Crippen molar-refractivity contribution in [3.8, 4) is 0 Å². The highest BCUT2D eigenvalue weighted by molar-refractivity contribution is 14.0. The molecule has 0 radical (unpaired) electrons. The summed E-state index contributed by atoms with van der Waals surface area (Å²) in [6.07, 6.45) is 9.39. The number of nitrogens with zero attached hydrogens (tertiary/aromatic N) is 3. The summed E-state index contributed by atoms with van der Waals surface area (Å²) < 4.78 is 0. The number of allylic oxidation sites excluding steroid dienone is 1. The molecule has 1 aliphatic heterocycles. The van der Waals surface area contributed by atoms with E-state index in [1.54, 1.807) is 0 Å².